The van der Waals surface area contributed by atoms with Gasteiger partial charge in [0.2, 0.25) is 5.91 Å². The van der Waals surface area contributed by atoms with Crippen LogP contribution in [-0.4, -0.2) is 36.1 Å². The highest BCUT2D eigenvalue weighted by Gasteiger charge is 2.28. The van der Waals surface area contributed by atoms with E-state index < -0.39 is 11.6 Å². The maximum absolute atomic E-state index is 12.7. The van der Waals surface area contributed by atoms with Gasteiger partial charge in [-0.15, -0.1) is 0 Å². The van der Waals surface area contributed by atoms with Crippen molar-refractivity contribution in [3.8, 4) is 11.5 Å². The Bertz CT molecular complexity index is 797. The third-order valence-corrected chi connectivity index (χ3v) is 4.32. The van der Waals surface area contributed by atoms with Crippen LogP contribution in [-0.2, 0) is 14.3 Å². The van der Waals surface area contributed by atoms with Crippen molar-refractivity contribution in [1.29, 1.82) is 0 Å². The summed E-state index contributed by atoms with van der Waals surface area (Å²) < 4.78 is 16.7. The predicted molar refractivity (Wildman–Crippen MR) is 110 cm³/mol. The highest BCUT2D eigenvalue weighted by Crippen LogP contribution is 2.22. The molecule has 8 nitrogen and oxygen atoms in total. The molecule has 2 rings (SSSR count). The van der Waals surface area contributed by atoms with E-state index in [4.69, 9.17) is 19.4 Å². The summed E-state index contributed by atoms with van der Waals surface area (Å²) in [4.78, 5) is 24.0. The van der Waals surface area contributed by atoms with Crippen LogP contribution in [0.25, 0.3) is 0 Å². The Morgan fingerprint density at radius 1 is 1.03 bits per heavy atom. The molecule has 1 unspecified atom stereocenters. The van der Waals surface area contributed by atoms with Gasteiger partial charge in [0.25, 0.3) is 5.91 Å². The summed E-state index contributed by atoms with van der Waals surface area (Å²) >= 11 is 0. The molecule has 162 valence electrons. The summed E-state index contributed by atoms with van der Waals surface area (Å²) in [6.07, 6.45) is 0.860. The van der Waals surface area contributed by atoms with E-state index in [1.807, 2.05) is 37.3 Å². The molecule has 0 spiro atoms. The average molecular weight is 416 g/mol. The lowest BCUT2D eigenvalue weighted by Crippen LogP contribution is -2.48. The number of carbonyl (C=O) groups excluding carboxylic acids is 2. The summed E-state index contributed by atoms with van der Waals surface area (Å²) in [7, 11) is 0. The highest BCUT2D eigenvalue weighted by atomic mass is 16.7. The van der Waals surface area contributed by atoms with Gasteiger partial charge < -0.3 is 19.5 Å². The van der Waals surface area contributed by atoms with Gasteiger partial charge in [-0.05, 0) is 63.1 Å². The van der Waals surface area contributed by atoms with E-state index >= 15 is 0 Å². The average Bonchev–Trinajstić information content (AvgIpc) is 2.75. The molecule has 2 amide bonds. The fraction of sp³-hybridized carbons (Fsp3) is 0.364. The molecule has 0 aromatic heterocycles. The third kappa shape index (κ3) is 7.82. The van der Waals surface area contributed by atoms with Gasteiger partial charge in [0.15, 0.2) is 0 Å². The van der Waals surface area contributed by atoms with Crippen molar-refractivity contribution in [2.45, 2.75) is 38.8 Å². The molecule has 3 N–H and O–H groups in total. The number of benzene rings is 2. The number of ether oxygens (including phenoxy) is 3. The first-order valence-corrected chi connectivity index (χ1v) is 9.76. The Labute approximate surface area is 176 Å². The van der Waals surface area contributed by atoms with E-state index in [0.717, 1.165) is 0 Å². The minimum Gasteiger partial charge on any atom is -0.457 e. The molecule has 0 saturated carbocycles. The minimum atomic E-state index is -1.04. The van der Waals surface area contributed by atoms with Crippen LogP contribution in [0.1, 0.15) is 43.5 Å². The second-order valence-electron chi connectivity index (χ2n) is 6.77. The zero-order valence-electron chi connectivity index (χ0n) is 17.2. The maximum atomic E-state index is 12.7. The van der Waals surface area contributed by atoms with E-state index in [2.05, 4.69) is 5.32 Å². The van der Waals surface area contributed by atoms with Crippen LogP contribution in [0.5, 0.6) is 11.5 Å². The molecule has 2 aromatic rings. The normalized spacial score (nSPS) is 12.6. The van der Waals surface area contributed by atoms with Crippen molar-refractivity contribution in [2.24, 2.45) is 0 Å². The topological polar surface area (TPSA) is 106 Å². The van der Waals surface area contributed by atoms with E-state index in [1.54, 1.807) is 36.7 Å². The van der Waals surface area contributed by atoms with Gasteiger partial charge in [-0.25, -0.2) is 5.48 Å². The van der Waals surface area contributed by atoms with Crippen LogP contribution in [0.2, 0.25) is 0 Å². The zero-order valence-corrected chi connectivity index (χ0v) is 17.2. The van der Waals surface area contributed by atoms with Crippen molar-refractivity contribution in [3.05, 3.63) is 60.2 Å². The Balaban J connectivity index is 1.99. The Hall–Kier alpha value is -2.94. The van der Waals surface area contributed by atoms with Crippen molar-refractivity contribution in [3.63, 3.8) is 0 Å². The molecule has 8 heteroatoms. The van der Waals surface area contributed by atoms with E-state index in [-0.39, 0.29) is 19.1 Å². The van der Waals surface area contributed by atoms with Crippen LogP contribution >= 0.6 is 0 Å². The summed E-state index contributed by atoms with van der Waals surface area (Å²) in [6, 6.07) is 16.1. The lowest BCUT2D eigenvalue weighted by atomic mass is 10.1. The second kappa shape index (κ2) is 11.9. The SMILES string of the molecule is CCOCOC(C)(CCCC(=O)NO)NC(=O)c1ccc(Oc2ccccc2)cc1. The third-order valence-electron chi connectivity index (χ3n) is 4.32. The molecule has 1 atom stereocenters. The summed E-state index contributed by atoms with van der Waals surface area (Å²) in [6.45, 7) is 4.03. The first-order valence-electron chi connectivity index (χ1n) is 9.76. The predicted octanol–water partition coefficient (Wildman–Crippen LogP) is 3.61. The van der Waals surface area contributed by atoms with Crippen LogP contribution in [0.4, 0.5) is 0 Å². The monoisotopic (exact) mass is 416 g/mol. The van der Waals surface area contributed by atoms with Crippen LogP contribution in [0.3, 0.4) is 0 Å². The molecule has 0 heterocycles. The first-order chi connectivity index (χ1) is 14.5. The fourth-order valence-electron chi connectivity index (χ4n) is 2.68. The number of nitrogens with one attached hydrogen (secondary N) is 2. The molecule has 0 fully saturated rings. The summed E-state index contributed by atoms with van der Waals surface area (Å²) in [5.41, 5.74) is 0.988. The van der Waals surface area contributed by atoms with Crippen LogP contribution in [0, 0.1) is 0 Å². The molecule has 0 aliphatic rings. The second-order valence-corrected chi connectivity index (χ2v) is 6.77. The summed E-state index contributed by atoms with van der Waals surface area (Å²) in [5.74, 6) is 0.496. The van der Waals surface area contributed by atoms with E-state index in [1.165, 1.54) is 0 Å². The lowest BCUT2D eigenvalue weighted by molar-refractivity contribution is -0.146. The smallest absolute Gasteiger partial charge is 0.253 e. The quantitative estimate of drug-likeness (QED) is 0.211. The maximum Gasteiger partial charge on any atom is 0.253 e. The number of para-hydroxylation sites is 1. The van der Waals surface area contributed by atoms with Crippen LogP contribution in [0.15, 0.2) is 54.6 Å². The standard InChI is InChI=1S/C22H28N2O6/c1-3-28-16-29-22(2,15-7-10-20(25)24-27)23-21(26)17-11-13-19(14-12-17)30-18-8-5-4-6-9-18/h4-6,8-9,11-14,27H,3,7,10,15-16H2,1-2H3,(H,23,26)(H,24,25). The molecule has 2 aromatic carbocycles. The largest absolute Gasteiger partial charge is 0.457 e. The number of rotatable bonds is 12. The molecule has 0 radical (unpaired) electrons. The Kier molecular flexibility index (Phi) is 9.27. The van der Waals surface area contributed by atoms with Gasteiger partial charge in [-0.1, -0.05) is 18.2 Å². The van der Waals surface area contributed by atoms with E-state index in [0.29, 0.717) is 36.5 Å². The van der Waals surface area contributed by atoms with E-state index in [9.17, 15) is 9.59 Å². The highest BCUT2D eigenvalue weighted by molar-refractivity contribution is 5.94. The van der Waals surface area contributed by atoms with Gasteiger partial charge in [-0.2, -0.15) is 0 Å². The van der Waals surface area contributed by atoms with Gasteiger partial charge >= 0.3 is 0 Å². The Morgan fingerprint density at radius 2 is 1.70 bits per heavy atom. The summed E-state index contributed by atoms with van der Waals surface area (Å²) in [5, 5.41) is 11.5. The minimum absolute atomic E-state index is 0.00330. The zero-order chi connectivity index (χ0) is 21.8. The van der Waals surface area contributed by atoms with Crippen LogP contribution < -0.4 is 15.5 Å². The Morgan fingerprint density at radius 3 is 2.33 bits per heavy atom. The lowest BCUT2D eigenvalue weighted by Gasteiger charge is -2.31. The fourth-order valence-corrected chi connectivity index (χ4v) is 2.68. The number of carbonyl (C=O) groups is 2. The molecule has 0 saturated heterocycles. The molecule has 30 heavy (non-hydrogen) atoms. The van der Waals surface area contributed by atoms with Gasteiger partial charge in [0, 0.05) is 18.6 Å². The van der Waals surface area contributed by atoms with Crippen molar-refractivity contribution in [1.82, 2.24) is 10.8 Å². The van der Waals surface area contributed by atoms with Crippen molar-refractivity contribution in [2.75, 3.05) is 13.4 Å². The molecular weight excluding hydrogens is 388 g/mol. The van der Waals surface area contributed by atoms with Gasteiger partial charge in [-0.3, -0.25) is 14.8 Å². The number of hydroxylamine groups is 1. The molecule has 0 bridgehead atoms. The number of hydrogen-bond acceptors (Lipinski definition) is 6. The molecule has 0 aliphatic heterocycles. The number of amides is 2. The van der Waals surface area contributed by atoms with Gasteiger partial charge in [0.1, 0.15) is 24.0 Å². The van der Waals surface area contributed by atoms with Gasteiger partial charge in [0.05, 0.1) is 0 Å². The van der Waals surface area contributed by atoms with Crippen molar-refractivity contribution >= 4 is 11.8 Å². The molecular formula is C22H28N2O6. The first kappa shape index (κ1) is 23.3. The van der Waals surface area contributed by atoms with Crippen molar-refractivity contribution < 1.29 is 29.0 Å². The number of hydrogen-bond donors (Lipinski definition) is 3. The molecule has 0 aliphatic carbocycles.